The van der Waals surface area contributed by atoms with Crippen molar-refractivity contribution in [2.24, 2.45) is 5.73 Å². The molecule has 7 heteroatoms. The Morgan fingerprint density at radius 2 is 1.78 bits per heavy atom. The predicted molar refractivity (Wildman–Crippen MR) is 145 cm³/mol. The number of likely N-dealkylation sites (tertiary alicyclic amines) is 1. The number of nitrogens with two attached hydrogens (primary N) is 1. The summed E-state index contributed by atoms with van der Waals surface area (Å²) >= 11 is 0. The summed E-state index contributed by atoms with van der Waals surface area (Å²) in [6, 6.07) is 23.3. The molecule has 1 atom stereocenters. The molecular weight excluding hydrogens is 460 g/mol. The summed E-state index contributed by atoms with van der Waals surface area (Å²) in [7, 11) is 0. The Hall–Kier alpha value is -3.65. The molecule has 1 aliphatic carbocycles. The summed E-state index contributed by atoms with van der Waals surface area (Å²) in [5, 5.41) is 20.0. The van der Waals surface area contributed by atoms with E-state index in [-0.39, 0.29) is 11.6 Å². The van der Waals surface area contributed by atoms with Gasteiger partial charge in [-0.2, -0.15) is 0 Å². The van der Waals surface area contributed by atoms with Crippen molar-refractivity contribution in [1.29, 1.82) is 0 Å². The van der Waals surface area contributed by atoms with Crippen molar-refractivity contribution in [2.45, 2.75) is 43.9 Å². The number of aromatic nitrogens is 4. The fraction of sp³-hybridized carbons (Fsp3) is 0.300. The van der Waals surface area contributed by atoms with Gasteiger partial charge in [0.25, 0.3) is 0 Å². The van der Waals surface area contributed by atoms with Crippen molar-refractivity contribution in [2.75, 3.05) is 13.1 Å². The van der Waals surface area contributed by atoms with Gasteiger partial charge in [0.2, 0.25) is 0 Å². The van der Waals surface area contributed by atoms with Gasteiger partial charge in [-0.25, -0.2) is 4.98 Å². The third-order valence-corrected chi connectivity index (χ3v) is 8.12. The lowest BCUT2D eigenvalue weighted by molar-refractivity contribution is 0.174. The normalized spacial score (nSPS) is 19.5. The van der Waals surface area contributed by atoms with Crippen LogP contribution in [0.5, 0.6) is 0 Å². The summed E-state index contributed by atoms with van der Waals surface area (Å²) in [5.74, 6) is 0.874. The van der Waals surface area contributed by atoms with Gasteiger partial charge in [0.1, 0.15) is 0 Å². The maximum Gasteiger partial charge on any atom is 0.170 e. The average molecular weight is 491 g/mol. The lowest BCUT2D eigenvalue weighted by Crippen LogP contribution is -2.43. The molecule has 1 saturated carbocycles. The molecule has 37 heavy (non-hydrogen) atoms. The van der Waals surface area contributed by atoms with Crippen molar-refractivity contribution in [1.82, 2.24) is 24.5 Å². The molecule has 7 nitrogen and oxygen atoms in total. The van der Waals surface area contributed by atoms with Gasteiger partial charge in [-0.05, 0) is 48.9 Å². The first-order valence-electron chi connectivity index (χ1n) is 13.1. The molecule has 0 unspecified atom stereocenters. The molecular formula is C30H30N6O. The third kappa shape index (κ3) is 3.91. The van der Waals surface area contributed by atoms with Crippen LogP contribution < -0.4 is 5.73 Å². The Balaban J connectivity index is 1.35. The SMILES string of the molecule is NC1(c2ccc(-c3nc4ccn5c(CN6CC[C@@H](O)C6)nnc5c4cc3-c3ccccc3)cc2)CCC1. The smallest absolute Gasteiger partial charge is 0.170 e. The summed E-state index contributed by atoms with van der Waals surface area (Å²) in [6.45, 7) is 2.21. The van der Waals surface area contributed by atoms with Crippen molar-refractivity contribution in [3.63, 3.8) is 0 Å². The number of fused-ring (bicyclic) bond motifs is 3. The van der Waals surface area contributed by atoms with Crippen LogP contribution in [-0.4, -0.2) is 48.8 Å². The molecule has 0 amide bonds. The van der Waals surface area contributed by atoms with Crippen molar-refractivity contribution in [3.8, 4) is 22.4 Å². The highest BCUT2D eigenvalue weighted by atomic mass is 16.3. The molecule has 2 fully saturated rings. The molecule has 4 heterocycles. The van der Waals surface area contributed by atoms with E-state index in [2.05, 4.69) is 74.1 Å². The molecule has 1 saturated heterocycles. The molecule has 3 N–H and O–H groups in total. The molecule has 0 spiro atoms. The average Bonchev–Trinajstić information content (AvgIpc) is 3.53. The molecule has 7 rings (SSSR count). The molecule has 1 aliphatic heterocycles. The number of rotatable bonds is 5. The molecule has 2 aromatic carbocycles. The predicted octanol–water partition coefficient (Wildman–Crippen LogP) is 4.52. The third-order valence-electron chi connectivity index (χ3n) is 8.12. The van der Waals surface area contributed by atoms with Gasteiger partial charge in [-0.1, -0.05) is 54.6 Å². The molecule has 0 radical (unpaired) electrons. The first-order chi connectivity index (χ1) is 18.1. The topological polar surface area (TPSA) is 92.6 Å². The van der Waals surface area contributed by atoms with Gasteiger partial charge in [0, 0.05) is 41.3 Å². The van der Waals surface area contributed by atoms with Gasteiger partial charge in [0.15, 0.2) is 11.5 Å². The van der Waals surface area contributed by atoms with E-state index in [1.165, 1.54) is 12.0 Å². The van der Waals surface area contributed by atoms with Crippen LogP contribution >= 0.6 is 0 Å². The van der Waals surface area contributed by atoms with Gasteiger partial charge >= 0.3 is 0 Å². The summed E-state index contributed by atoms with van der Waals surface area (Å²) < 4.78 is 2.05. The van der Waals surface area contributed by atoms with E-state index in [0.29, 0.717) is 13.1 Å². The second-order valence-electron chi connectivity index (χ2n) is 10.6. The quantitative estimate of drug-likeness (QED) is 0.376. The van der Waals surface area contributed by atoms with Crippen molar-refractivity contribution >= 4 is 16.6 Å². The van der Waals surface area contributed by atoms with Gasteiger partial charge in [0.05, 0.1) is 23.9 Å². The molecule has 0 bridgehead atoms. The molecule has 2 aliphatic rings. The van der Waals surface area contributed by atoms with E-state index < -0.39 is 0 Å². The fourth-order valence-electron chi connectivity index (χ4n) is 5.77. The Labute approximate surface area is 215 Å². The lowest BCUT2D eigenvalue weighted by atomic mass is 9.72. The standard InChI is InChI=1S/C30H30N6O/c31-30(13-4-14-30)22-9-7-21(8-10-22)28-24(20-5-2-1-3-6-20)17-25-26(32-28)12-16-36-27(33-34-29(25)36)19-35-15-11-23(37)18-35/h1-3,5-10,12,16-17,23,37H,4,11,13-15,18-19,31H2/t23-/m1/s1. The number of pyridine rings is 2. The van der Waals surface area contributed by atoms with E-state index >= 15 is 0 Å². The summed E-state index contributed by atoms with van der Waals surface area (Å²) in [6.07, 6.45) is 5.85. The minimum absolute atomic E-state index is 0.179. The second-order valence-corrected chi connectivity index (χ2v) is 10.6. The molecule has 186 valence electrons. The Morgan fingerprint density at radius 3 is 2.49 bits per heavy atom. The van der Waals surface area contributed by atoms with E-state index in [1.54, 1.807) is 0 Å². The number of hydrogen-bond acceptors (Lipinski definition) is 6. The maximum atomic E-state index is 9.91. The minimum Gasteiger partial charge on any atom is -0.392 e. The number of nitrogens with zero attached hydrogens (tertiary/aromatic N) is 5. The Kier molecular flexibility index (Phi) is 5.32. The lowest BCUT2D eigenvalue weighted by Gasteiger charge is -2.38. The van der Waals surface area contributed by atoms with Crippen LogP contribution in [-0.2, 0) is 12.1 Å². The van der Waals surface area contributed by atoms with Gasteiger partial charge < -0.3 is 10.8 Å². The minimum atomic E-state index is -0.255. The van der Waals surface area contributed by atoms with Crippen molar-refractivity contribution in [3.05, 3.63) is 84.3 Å². The summed E-state index contributed by atoms with van der Waals surface area (Å²) in [4.78, 5) is 7.39. The maximum absolute atomic E-state index is 9.91. The number of hydrogen-bond donors (Lipinski definition) is 2. The highest BCUT2D eigenvalue weighted by Crippen LogP contribution is 2.40. The van der Waals surface area contributed by atoms with E-state index in [0.717, 1.165) is 70.6 Å². The zero-order valence-corrected chi connectivity index (χ0v) is 20.7. The van der Waals surface area contributed by atoms with E-state index in [1.807, 2.05) is 18.3 Å². The van der Waals surface area contributed by atoms with E-state index in [4.69, 9.17) is 10.7 Å². The fourth-order valence-corrected chi connectivity index (χ4v) is 5.77. The van der Waals surface area contributed by atoms with Gasteiger partial charge in [-0.3, -0.25) is 9.30 Å². The van der Waals surface area contributed by atoms with Crippen molar-refractivity contribution < 1.29 is 5.11 Å². The number of aliphatic hydroxyl groups excluding tert-OH is 1. The number of β-amino-alcohol motifs (C(OH)–C–C–N with tert-alkyl or cyclic N) is 1. The van der Waals surface area contributed by atoms with E-state index in [9.17, 15) is 5.11 Å². The van der Waals surface area contributed by atoms with Crippen LogP contribution in [0.4, 0.5) is 0 Å². The first kappa shape index (κ1) is 22.5. The highest BCUT2D eigenvalue weighted by molar-refractivity contribution is 5.98. The summed E-state index contributed by atoms with van der Waals surface area (Å²) in [5.41, 5.74) is 13.5. The van der Waals surface area contributed by atoms with Crippen LogP contribution in [0.1, 0.15) is 37.1 Å². The number of benzene rings is 2. The van der Waals surface area contributed by atoms with Crippen LogP contribution in [0.15, 0.2) is 72.9 Å². The van der Waals surface area contributed by atoms with Crippen LogP contribution in [0, 0.1) is 0 Å². The first-order valence-corrected chi connectivity index (χ1v) is 13.1. The Morgan fingerprint density at radius 1 is 0.973 bits per heavy atom. The number of aliphatic hydroxyl groups is 1. The van der Waals surface area contributed by atoms with Crippen LogP contribution in [0.25, 0.3) is 38.9 Å². The highest BCUT2D eigenvalue weighted by Gasteiger charge is 2.34. The zero-order valence-electron chi connectivity index (χ0n) is 20.7. The van der Waals surface area contributed by atoms with Crippen LogP contribution in [0.2, 0.25) is 0 Å². The largest absolute Gasteiger partial charge is 0.392 e. The van der Waals surface area contributed by atoms with Crippen LogP contribution in [0.3, 0.4) is 0 Å². The monoisotopic (exact) mass is 490 g/mol. The Bertz CT molecular complexity index is 1590. The molecule has 3 aromatic heterocycles. The zero-order chi connectivity index (χ0) is 25.0. The second kappa shape index (κ2) is 8.73. The van der Waals surface area contributed by atoms with Gasteiger partial charge in [-0.15, -0.1) is 10.2 Å². The molecule has 5 aromatic rings.